The van der Waals surface area contributed by atoms with E-state index < -0.39 is 0 Å². The summed E-state index contributed by atoms with van der Waals surface area (Å²) in [6.45, 7) is 2.65. The molecule has 0 bridgehead atoms. The average molecular weight is 307 g/mol. The standard InChI is InChI=1S/C19H17NOS/c1-2-20(16-11-7-4-8-12-16)19(21)18-17(13-14-22-18)15-9-5-3-6-10-15/h3-14H,2H2,1H3. The number of amides is 1. The van der Waals surface area contributed by atoms with E-state index in [4.69, 9.17) is 0 Å². The number of nitrogens with zero attached hydrogens (tertiary/aromatic N) is 1. The predicted octanol–water partition coefficient (Wildman–Crippen LogP) is 5.08. The Hall–Kier alpha value is -2.39. The second kappa shape index (κ2) is 6.58. The molecule has 0 radical (unpaired) electrons. The Bertz CT molecular complexity index is 749. The molecule has 0 atom stereocenters. The van der Waals surface area contributed by atoms with E-state index in [-0.39, 0.29) is 5.91 Å². The van der Waals surface area contributed by atoms with Gasteiger partial charge in [0.05, 0.1) is 0 Å². The van der Waals surface area contributed by atoms with Crippen molar-refractivity contribution in [2.45, 2.75) is 6.92 Å². The fraction of sp³-hybridized carbons (Fsp3) is 0.105. The smallest absolute Gasteiger partial charge is 0.268 e. The fourth-order valence-corrected chi connectivity index (χ4v) is 3.36. The zero-order valence-electron chi connectivity index (χ0n) is 12.4. The van der Waals surface area contributed by atoms with Crippen molar-refractivity contribution in [2.24, 2.45) is 0 Å². The lowest BCUT2D eigenvalue weighted by atomic mass is 10.1. The molecular formula is C19H17NOS. The van der Waals surface area contributed by atoms with Crippen LogP contribution < -0.4 is 4.90 Å². The molecule has 22 heavy (non-hydrogen) atoms. The topological polar surface area (TPSA) is 20.3 Å². The zero-order chi connectivity index (χ0) is 15.4. The number of carbonyl (C=O) groups is 1. The number of rotatable bonds is 4. The monoisotopic (exact) mass is 307 g/mol. The van der Waals surface area contributed by atoms with Gasteiger partial charge in [0.15, 0.2) is 0 Å². The van der Waals surface area contributed by atoms with Gasteiger partial charge in [0, 0.05) is 17.8 Å². The van der Waals surface area contributed by atoms with Crippen LogP contribution in [0, 0.1) is 0 Å². The van der Waals surface area contributed by atoms with Gasteiger partial charge in [0.25, 0.3) is 5.91 Å². The van der Waals surface area contributed by atoms with Crippen LogP contribution in [-0.2, 0) is 0 Å². The number of anilines is 1. The number of hydrogen-bond donors (Lipinski definition) is 0. The molecule has 0 aliphatic carbocycles. The quantitative estimate of drug-likeness (QED) is 0.658. The highest BCUT2D eigenvalue weighted by molar-refractivity contribution is 7.12. The number of benzene rings is 2. The summed E-state index contributed by atoms with van der Waals surface area (Å²) in [4.78, 5) is 15.6. The molecule has 0 fully saturated rings. The van der Waals surface area contributed by atoms with E-state index in [1.54, 1.807) is 0 Å². The normalized spacial score (nSPS) is 10.4. The SMILES string of the molecule is CCN(C(=O)c1sccc1-c1ccccc1)c1ccccc1. The van der Waals surface area contributed by atoms with Gasteiger partial charge in [-0.15, -0.1) is 11.3 Å². The summed E-state index contributed by atoms with van der Waals surface area (Å²) < 4.78 is 0. The van der Waals surface area contributed by atoms with E-state index in [9.17, 15) is 4.79 Å². The first kappa shape index (κ1) is 14.5. The predicted molar refractivity (Wildman–Crippen MR) is 93.5 cm³/mol. The maximum atomic E-state index is 13.0. The molecule has 3 rings (SSSR count). The fourth-order valence-electron chi connectivity index (χ4n) is 2.49. The number of carbonyl (C=O) groups excluding carboxylic acids is 1. The lowest BCUT2D eigenvalue weighted by Gasteiger charge is -2.21. The van der Waals surface area contributed by atoms with Crippen molar-refractivity contribution in [1.29, 1.82) is 0 Å². The first-order valence-electron chi connectivity index (χ1n) is 7.31. The van der Waals surface area contributed by atoms with Crippen molar-refractivity contribution in [3.63, 3.8) is 0 Å². The molecule has 0 unspecified atom stereocenters. The minimum atomic E-state index is 0.0579. The molecule has 1 amide bonds. The van der Waals surface area contributed by atoms with Crippen molar-refractivity contribution in [3.05, 3.63) is 77.0 Å². The molecule has 110 valence electrons. The van der Waals surface area contributed by atoms with Crippen molar-refractivity contribution in [2.75, 3.05) is 11.4 Å². The third-order valence-electron chi connectivity index (χ3n) is 3.57. The molecule has 3 heteroatoms. The van der Waals surface area contributed by atoms with Gasteiger partial charge in [-0.25, -0.2) is 0 Å². The Morgan fingerprint density at radius 3 is 2.23 bits per heavy atom. The average Bonchev–Trinajstić information content (AvgIpc) is 3.07. The maximum Gasteiger partial charge on any atom is 0.268 e. The van der Waals surface area contributed by atoms with E-state index in [2.05, 4.69) is 0 Å². The van der Waals surface area contributed by atoms with Crippen molar-refractivity contribution >= 4 is 22.9 Å². The molecule has 0 aliphatic rings. The van der Waals surface area contributed by atoms with Gasteiger partial charge in [0.1, 0.15) is 4.88 Å². The Labute approximate surface area is 134 Å². The van der Waals surface area contributed by atoms with E-state index in [1.807, 2.05) is 83.9 Å². The Kier molecular flexibility index (Phi) is 4.35. The van der Waals surface area contributed by atoms with E-state index in [0.717, 1.165) is 21.7 Å². The molecule has 0 aliphatic heterocycles. The Morgan fingerprint density at radius 1 is 0.955 bits per heavy atom. The van der Waals surface area contributed by atoms with Crippen molar-refractivity contribution in [1.82, 2.24) is 0 Å². The van der Waals surface area contributed by atoms with Crippen LogP contribution in [-0.4, -0.2) is 12.5 Å². The summed E-state index contributed by atoms with van der Waals surface area (Å²) in [6.07, 6.45) is 0. The highest BCUT2D eigenvalue weighted by Crippen LogP contribution is 2.30. The summed E-state index contributed by atoms with van der Waals surface area (Å²) in [5.74, 6) is 0.0579. The van der Waals surface area contributed by atoms with Gasteiger partial charge < -0.3 is 4.90 Å². The van der Waals surface area contributed by atoms with E-state index >= 15 is 0 Å². The van der Waals surface area contributed by atoms with E-state index in [0.29, 0.717) is 6.54 Å². The molecule has 2 aromatic carbocycles. The number of thiophene rings is 1. The van der Waals surface area contributed by atoms with Crippen LogP contribution in [0.25, 0.3) is 11.1 Å². The first-order valence-corrected chi connectivity index (χ1v) is 8.19. The first-order chi connectivity index (χ1) is 10.8. The molecule has 2 nitrogen and oxygen atoms in total. The highest BCUT2D eigenvalue weighted by atomic mass is 32.1. The zero-order valence-corrected chi connectivity index (χ0v) is 13.2. The minimum Gasteiger partial charge on any atom is -0.308 e. The van der Waals surface area contributed by atoms with Crippen molar-refractivity contribution in [3.8, 4) is 11.1 Å². The molecular weight excluding hydrogens is 290 g/mol. The summed E-state index contributed by atoms with van der Waals surface area (Å²) >= 11 is 1.50. The van der Waals surface area contributed by atoms with Gasteiger partial charge >= 0.3 is 0 Å². The van der Waals surface area contributed by atoms with Crippen LogP contribution in [0.5, 0.6) is 0 Å². The number of hydrogen-bond acceptors (Lipinski definition) is 2. The number of para-hydroxylation sites is 1. The molecule has 1 heterocycles. The Balaban J connectivity index is 1.98. The molecule has 3 aromatic rings. The Morgan fingerprint density at radius 2 is 1.59 bits per heavy atom. The van der Waals surface area contributed by atoms with Crippen LogP contribution in [0.3, 0.4) is 0 Å². The third kappa shape index (κ3) is 2.81. The van der Waals surface area contributed by atoms with Gasteiger partial charge in [-0.1, -0.05) is 48.5 Å². The minimum absolute atomic E-state index is 0.0579. The van der Waals surface area contributed by atoms with Crippen LogP contribution in [0.4, 0.5) is 5.69 Å². The highest BCUT2D eigenvalue weighted by Gasteiger charge is 2.20. The van der Waals surface area contributed by atoms with E-state index in [1.165, 1.54) is 11.3 Å². The summed E-state index contributed by atoms with van der Waals surface area (Å²) in [5, 5.41) is 1.98. The van der Waals surface area contributed by atoms with Crippen LogP contribution in [0.15, 0.2) is 72.1 Å². The second-order valence-electron chi connectivity index (χ2n) is 4.91. The molecule has 0 saturated heterocycles. The second-order valence-corrected chi connectivity index (χ2v) is 5.83. The lowest BCUT2D eigenvalue weighted by molar-refractivity contribution is 0.0993. The molecule has 0 N–H and O–H groups in total. The van der Waals surface area contributed by atoms with Crippen LogP contribution >= 0.6 is 11.3 Å². The van der Waals surface area contributed by atoms with Gasteiger partial charge in [-0.05, 0) is 36.1 Å². The van der Waals surface area contributed by atoms with Gasteiger partial charge in [-0.2, -0.15) is 0 Å². The summed E-state index contributed by atoms with van der Waals surface area (Å²) in [7, 11) is 0. The third-order valence-corrected chi connectivity index (χ3v) is 4.48. The van der Waals surface area contributed by atoms with Crippen LogP contribution in [0.1, 0.15) is 16.6 Å². The largest absolute Gasteiger partial charge is 0.308 e. The van der Waals surface area contributed by atoms with Gasteiger partial charge in [0.2, 0.25) is 0 Å². The summed E-state index contributed by atoms with van der Waals surface area (Å²) in [6, 6.07) is 21.9. The van der Waals surface area contributed by atoms with Crippen molar-refractivity contribution < 1.29 is 4.79 Å². The summed E-state index contributed by atoms with van der Waals surface area (Å²) in [5.41, 5.74) is 3.02. The maximum absolute atomic E-state index is 13.0. The molecule has 0 spiro atoms. The molecule has 0 saturated carbocycles. The van der Waals surface area contributed by atoms with Crippen LogP contribution in [0.2, 0.25) is 0 Å². The lowest BCUT2D eigenvalue weighted by Crippen LogP contribution is -2.30. The van der Waals surface area contributed by atoms with Gasteiger partial charge in [-0.3, -0.25) is 4.79 Å². The molecule has 1 aromatic heterocycles.